The summed E-state index contributed by atoms with van der Waals surface area (Å²) in [5, 5.41) is 11.1. The van der Waals surface area contributed by atoms with Gasteiger partial charge in [0.05, 0.1) is 17.3 Å². The van der Waals surface area contributed by atoms with Crippen LogP contribution in [-0.4, -0.2) is 22.4 Å². The summed E-state index contributed by atoms with van der Waals surface area (Å²) >= 11 is 0. The van der Waals surface area contributed by atoms with Crippen LogP contribution >= 0.6 is 0 Å². The van der Waals surface area contributed by atoms with E-state index >= 15 is 0 Å². The van der Waals surface area contributed by atoms with Crippen molar-refractivity contribution in [1.29, 1.82) is 0 Å². The first-order valence-electron chi connectivity index (χ1n) is 11.1. The van der Waals surface area contributed by atoms with Crippen molar-refractivity contribution in [3.8, 4) is 0 Å². The fraction of sp³-hybridized carbons (Fsp3) is 0.917. The monoisotopic (exact) mass is 360 g/mol. The quantitative estimate of drug-likeness (QED) is 0.591. The SMILES string of the molecule is CC(C)(C)OC1C=C2CC[C@@H]3[C@H](CC[C@@]4(C)[C@H]3CC[C@@]4(C)O)[C@@]2(C)CC1. The molecule has 26 heavy (non-hydrogen) atoms. The van der Waals surface area contributed by atoms with E-state index in [0.29, 0.717) is 11.5 Å². The Bertz CT molecular complexity index is 598. The third kappa shape index (κ3) is 2.73. The van der Waals surface area contributed by atoms with Gasteiger partial charge >= 0.3 is 0 Å². The summed E-state index contributed by atoms with van der Waals surface area (Å²) in [7, 11) is 0. The molecule has 0 radical (unpaired) electrons. The van der Waals surface area contributed by atoms with E-state index in [-0.39, 0.29) is 11.0 Å². The van der Waals surface area contributed by atoms with Crippen molar-refractivity contribution in [2.75, 3.05) is 0 Å². The van der Waals surface area contributed by atoms with Gasteiger partial charge in [-0.2, -0.15) is 0 Å². The molecule has 1 N–H and O–H groups in total. The molecule has 3 saturated carbocycles. The molecule has 2 nitrogen and oxygen atoms in total. The Balaban J connectivity index is 1.59. The number of allylic oxidation sites excluding steroid dienone is 1. The van der Waals surface area contributed by atoms with Gasteiger partial charge in [-0.1, -0.05) is 25.5 Å². The first-order valence-corrected chi connectivity index (χ1v) is 11.1. The number of hydrogen-bond acceptors (Lipinski definition) is 2. The smallest absolute Gasteiger partial charge is 0.0766 e. The molecular weight excluding hydrogens is 320 g/mol. The fourth-order valence-electron chi connectivity index (χ4n) is 7.49. The van der Waals surface area contributed by atoms with Crippen LogP contribution < -0.4 is 0 Å². The third-order valence-electron chi connectivity index (χ3n) is 9.14. The van der Waals surface area contributed by atoms with Gasteiger partial charge in [0, 0.05) is 0 Å². The van der Waals surface area contributed by atoms with Gasteiger partial charge in [0.2, 0.25) is 0 Å². The maximum atomic E-state index is 11.1. The lowest BCUT2D eigenvalue weighted by molar-refractivity contribution is -0.121. The lowest BCUT2D eigenvalue weighted by Crippen LogP contribution is -2.54. The number of ether oxygens (including phenoxy) is 1. The normalized spacial score (nSPS) is 51.3. The van der Waals surface area contributed by atoms with Gasteiger partial charge in [-0.25, -0.2) is 0 Å². The van der Waals surface area contributed by atoms with Crippen LogP contribution in [0.25, 0.3) is 0 Å². The first kappa shape index (κ1) is 19.0. The molecule has 7 atom stereocenters. The number of hydrogen-bond donors (Lipinski definition) is 1. The number of rotatable bonds is 1. The number of fused-ring (bicyclic) bond motifs is 5. The van der Waals surface area contributed by atoms with Crippen LogP contribution in [0.4, 0.5) is 0 Å². The minimum atomic E-state index is -0.460. The molecule has 0 heterocycles. The molecule has 0 aliphatic heterocycles. The van der Waals surface area contributed by atoms with Crippen molar-refractivity contribution in [2.45, 2.75) is 110 Å². The summed E-state index contributed by atoms with van der Waals surface area (Å²) in [6, 6.07) is 0. The standard InChI is InChI=1S/C24H40O2/c1-21(2,3)26-17-9-12-22(4)16(15-17)7-8-18-19(22)10-13-23(5)20(18)11-14-24(23,6)25/h15,17-20,25H,7-14H2,1-6H3/t17?,18-,19+,20+,22+,23+,24-/m1/s1. The molecule has 0 aromatic carbocycles. The highest BCUT2D eigenvalue weighted by Crippen LogP contribution is 2.67. The minimum Gasteiger partial charge on any atom is -0.390 e. The van der Waals surface area contributed by atoms with Crippen LogP contribution in [0.2, 0.25) is 0 Å². The van der Waals surface area contributed by atoms with Crippen LogP contribution in [0.1, 0.15) is 92.9 Å². The van der Waals surface area contributed by atoms with Gasteiger partial charge in [-0.05, 0) is 108 Å². The Morgan fingerprint density at radius 1 is 0.962 bits per heavy atom. The Kier molecular flexibility index (Phi) is 4.26. The van der Waals surface area contributed by atoms with Crippen molar-refractivity contribution >= 4 is 0 Å². The van der Waals surface area contributed by atoms with Crippen molar-refractivity contribution in [2.24, 2.45) is 28.6 Å². The van der Waals surface area contributed by atoms with Crippen molar-refractivity contribution in [3.63, 3.8) is 0 Å². The molecular formula is C24H40O2. The lowest BCUT2D eigenvalue weighted by atomic mass is 9.46. The van der Waals surface area contributed by atoms with Crippen molar-refractivity contribution in [3.05, 3.63) is 11.6 Å². The molecule has 148 valence electrons. The van der Waals surface area contributed by atoms with Gasteiger partial charge < -0.3 is 9.84 Å². The van der Waals surface area contributed by atoms with E-state index in [1.54, 1.807) is 5.57 Å². The average Bonchev–Trinajstić information content (AvgIpc) is 2.76. The highest BCUT2D eigenvalue weighted by atomic mass is 16.5. The summed E-state index contributed by atoms with van der Waals surface area (Å²) in [6.45, 7) is 13.6. The maximum absolute atomic E-state index is 11.1. The molecule has 0 saturated heterocycles. The zero-order chi connectivity index (χ0) is 19.0. The van der Waals surface area contributed by atoms with Crippen LogP contribution in [0, 0.1) is 28.6 Å². The second-order valence-corrected chi connectivity index (χ2v) is 11.6. The molecule has 0 aromatic rings. The molecule has 4 rings (SSSR count). The molecule has 4 aliphatic carbocycles. The molecule has 2 heteroatoms. The van der Waals surface area contributed by atoms with Crippen molar-refractivity contribution < 1.29 is 9.84 Å². The molecule has 4 aliphatic rings. The second-order valence-electron chi connectivity index (χ2n) is 11.6. The van der Waals surface area contributed by atoms with E-state index < -0.39 is 5.60 Å². The van der Waals surface area contributed by atoms with E-state index in [1.807, 2.05) is 0 Å². The van der Waals surface area contributed by atoms with Crippen LogP contribution in [0.15, 0.2) is 11.6 Å². The Morgan fingerprint density at radius 2 is 1.65 bits per heavy atom. The highest BCUT2D eigenvalue weighted by Gasteiger charge is 2.62. The molecule has 0 aromatic heterocycles. The fourth-order valence-corrected chi connectivity index (χ4v) is 7.49. The van der Waals surface area contributed by atoms with Gasteiger partial charge in [0.1, 0.15) is 0 Å². The Morgan fingerprint density at radius 3 is 2.35 bits per heavy atom. The second kappa shape index (κ2) is 5.83. The van der Waals surface area contributed by atoms with E-state index in [2.05, 4.69) is 47.6 Å². The third-order valence-corrected chi connectivity index (χ3v) is 9.14. The largest absolute Gasteiger partial charge is 0.390 e. The number of aliphatic hydroxyl groups is 1. The summed E-state index contributed by atoms with van der Waals surface area (Å²) in [6.07, 6.45) is 12.6. The predicted molar refractivity (Wildman–Crippen MR) is 107 cm³/mol. The molecule has 3 fully saturated rings. The average molecular weight is 361 g/mol. The summed E-state index contributed by atoms with van der Waals surface area (Å²) < 4.78 is 6.31. The van der Waals surface area contributed by atoms with Gasteiger partial charge in [-0.15, -0.1) is 0 Å². The zero-order valence-electron chi connectivity index (χ0n) is 17.9. The summed E-state index contributed by atoms with van der Waals surface area (Å²) in [5.74, 6) is 2.34. The minimum absolute atomic E-state index is 0.0608. The first-order chi connectivity index (χ1) is 12.0. The Labute approximate surface area is 160 Å². The van der Waals surface area contributed by atoms with Crippen LogP contribution in [0.3, 0.4) is 0 Å². The van der Waals surface area contributed by atoms with E-state index in [4.69, 9.17) is 4.74 Å². The lowest BCUT2D eigenvalue weighted by Gasteiger charge is -2.59. The molecule has 0 amide bonds. The van der Waals surface area contributed by atoms with Crippen LogP contribution in [0.5, 0.6) is 0 Å². The summed E-state index contributed by atoms with van der Waals surface area (Å²) in [5.41, 5.74) is 1.68. The topological polar surface area (TPSA) is 29.5 Å². The molecule has 0 spiro atoms. The van der Waals surface area contributed by atoms with Gasteiger partial charge in [0.15, 0.2) is 0 Å². The van der Waals surface area contributed by atoms with Gasteiger partial charge in [0.25, 0.3) is 0 Å². The highest BCUT2D eigenvalue weighted by molar-refractivity contribution is 5.26. The van der Waals surface area contributed by atoms with Crippen LogP contribution in [-0.2, 0) is 4.74 Å². The molecule has 1 unspecified atom stereocenters. The van der Waals surface area contributed by atoms with E-state index in [0.717, 1.165) is 24.2 Å². The van der Waals surface area contributed by atoms with Crippen molar-refractivity contribution in [1.82, 2.24) is 0 Å². The predicted octanol–water partition coefficient (Wildman–Crippen LogP) is 5.88. The van der Waals surface area contributed by atoms with Gasteiger partial charge in [-0.3, -0.25) is 0 Å². The maximum Gasteiger partial charge on any atom is 0.0766 e. The van der Waals surface area contributed by atoms with E-state index in [9.17, 15) is 5.11 Å². The Hall–Kier alpha value is -0.340. The summed E-state index contributed by atoms with van der Waals surface area (Å²) in [4.78, 5) is 0. The molecule has 0 bridgehead atoms. The van der Waals surface area contributed by atoms with E-state index in [1.165, 1.54) is 44.9 Å². The zero-order valence-corrected chi connectivity index (χ0v) is 17.9.